The van der Waals surface area contributed by atoms with E-state index in [2.05, 4.69) is 24.4 Å². The third-order valence-electron chi connectivity index (χ3n) is 4.00. The summed E-state index contributed by atoms with van der Waals surface area (Å²) in [5.41, 5.74) is 2.21. The molecule has 2 rings (SSSR count). The Morgan fingerprint density at radius 2 is 1.52 bits per heavy atom. The van der Waals surface area contributed by atoms with Gasteiger partial charge in [-0.05, 0) is 48.2 Å². The molecule has 0 atom stereocenters. The van der Waals surface area contributed by atoms with Crippen LogP contribution in [0, 0.1) is 0 Å². The number of aliphatic carboxylic acids is 1. The highest BCUT2D eigenvalue weighted by Gasteiger charge is 2.01. The molecule has 0 unspecified atom stereocenters. The van der Waals surface area contributed by atoms with Crippen molar-refractivity contribution in [3.63, 3.8) is 0 Å². The van der Waals surface area contributed by atoms with Gasteiger partial charge < -0.3 is 15.2 Å². The van der Waals surface area contributed by atoms with Gasteiger partial charge in [-0.2, -0.15) is 0 Å². The van der Waals surface area contributed by atoms with Gasteiger partial charge in [-0.3, -0.25) is 4.79 Å². The molecule has 0 bridgehead atoms. The summed E-state index contributed by atoms with van der Waals surface area (Å²) in [4.78, 5) is 21.8. The zero-order chi connectivity index (χ0) is 19.5. The Labute approximate surface area is 159 Å². The first-order valence-electron chi connectivity index (χ1n) is 9.11. The van der Waals surface area contributed by atoms with E-state index in [1.165, 1.54) is 24.8 Å². The van der Waals surface area contributed by atoms with Crippen molar-refractivity contribution in [2.45, 2.75) is 39.2 Å². The number of carbonyl (C=O) groups is 2. The van der Waals surface area contributed by atoms with Crippen LogP contribution in [-0.4, -0.2) is 17.0 Å². The first-order chi connectivity index (χ1) is 13.1. The number of nitrogens with one attached hydrogen (secondary N) is 1. The zero-order valence-corrected chi connectivity index (χ0v) is 15.5. The molecule has 2 aromatic carbocycles. The van der Waals surface area contributed by atoms with Crippen LogP contribution in [0.5, 0.6) is 11.5 Å². The summed E-state index contributed by atoms with van der Waals surface area (Å²) >= 11 is 0. The summed E-state index contributed by atoms with van der Waals surface area (Å²) in [6.45, 7) is 2.52. The fourth-order valence-electron chi connectivity index (χ4n) is 2.51. The summed E-state index contributed by atoms with van der Waals surface area (Å²) in [6.07, 6.45) is 6.57. The Kier molecular flexibility index (Phi) is 8.10. The van der Waals surface area contributed by atoms with Gasteiger partial charge in [0, 0.05) is 18.7 Å². The van der Waals surface area contributed by atoms with E-state index in [-0.39, 0.29) is 0 Å². The lowest BCUT2D eigenvalue weighted by Crippen LogP contribution is -2.20. The molecule has 0 spiro atoms. The standard InChI is InChI=1S/C22H25NO4/c1-2-3-4-5-17-6-10-19(11-7-17)27-20-12-8-18(9-13-20)16-23-21(24)14-15-22(25)26/h6-15H,2-5,16H2,1H3,(H,23,24)(H,25,26)/b15-14-. The van der Waals surface area contributed by atoms with Crippen LogP contribution >= 0.6 is 0 Å². The van der Waals surface area contributed by atoms with E-state index < -0.39 is 11.9 Å². The molecule has 27 heavy (non-hydrogen) atoms. The third-order valence-corrected chi connectivity index (χ3v) is 4.00. The van der Waals surface area contributed by atoms with Gasteiger partial charge in [0.05, 0.1) is 0 Å². The van der Waals surface area contributed by atoms with Crippen molar-refractivity contribution >= 4 is 11.9 Å². The number of carboxylic acids is 1. The molecule has 0 saturated carbocycles. The Morgan fingerprint density at radius 3 is 2.07 bits per heavy atom. The van der Waals surface area contributed by atoms with Gasteiger partial charge in [0.15, 0.2) is 0 Å². The molecule has 5 nitrogen and oxygen atoms in total. The van der Waals surface area contributed by atoms with E-state index in [9.17, 15) is 9.59 Å². The van der Waals surface area contributed by atoms with E-state index in [1.54, 1.807) is 0 Å². The third kappa shape index (κ3) is 7.77. The van der Waals surface area contributed by atoms with Gasteiger partial charge in [-0.25, -0.2) is 4.79 Å². The van der Waals surface area contributed by atoms with E-state index in [0.29, 0.717) is 6.54 Å². The van der Waals surface area contributed by atoms with Gasteiger partial charge in [0.2, 0.25) is 5.91 Å². The molecule has 2 aromatic rings. The van der Waals surface area contributed by atoms with Gasteiger partial charge in [0.25, 0.3) is 0 Å². The van der Waals surface area contributed by atoms with E-state index in [1.807, 2.05) is 36.4 Å². The Bertz CT molecular complexity index is 764. The van der Waals surface area contributed by atoms with Crippen LogP contribution in [-0.2, 0) is 22.6 Å². The molecule has 0 aliphatic carbocycles. The number of benzene rings is 2. The van der Waals surface area contributed by atoms with Crippen LogP contribution < -0.4 is 10.1 Å². The number of rotatable bonds is 10. The Morgan fingerprint density at radius 1 is 0.926 bits per heavy atom. The quantitative estimate of drug-likeness (QED) is 0.480. The highest BCUT2D eigenvalue weighted by Crippen LogP contribution is 2.22. The molecule has 0 aromatic heterocycles. The van der Waals surface area contributed by atoms with E-state index in [0.717, 1.165) is 35.6 Å². The number of hydrogen-bond donors (Lipinski definition) is 2. The number of carboxylic acid groups (broad SMARTS) is 1. The lowest BCUT2D eigenvalue weighted by molar-refractivity contribution is -0.131. The number of ether oxygens (including phenoxy) is 1. The lowest BCUT2D eigenvalue weighted by Gasteiger charge is -2.08. The van der Waals surface area contributed by atoms with Crippen LogP contribution in [0.4, 0.5) is 0 Å². The molecular weight excluding hydrogens is 342 g/mol. The average molecular weight is 367 g/mol. The first-order valence-corrected chi connectivity index (χ1v) is 9.11. The second-order valence-corrected chi connectivity index (χ2v) is 6.24. The topological polar surface area (TPSA) is 75.6 Å². The number of amides is 1. The van der Waals surface area contributed by atoms with Gasteiger partial charge in [-0.15, -0.1) is 0 Å². The number of carbonyl (C=O) groups excluding carboxylic acids is 1. The maximum atomic E-state index is 11.5. The predicted molar refractivity (Wildman–Crippen MR) is 105 cm³/mol. The van der Waals surface area contributed by atoms with Crippen LogP contribution in [0.25, 0.3) is 0 Å². The molecule has 1 amide bonds. The molecule has 142 valence electrons. The summed E-state index contributed by atoms with van der Waals surface area (Å²) < 4.78 is 5.84. The minimum absolute atomic E-state index is 0.315. The minimum Gasteiger partial charge on any atom is -0.478 e. The van der Waals surface area contributed by atoms with E-state index >= 15 is 0 Å². The average Bonchev–Trinajstić information content (AvgIpc) is 2.67. The van der Waals surface area contributed by atoms with Crippen molar-refractivity contribution in [1.82, 2.24) is 5.32 Å². The molecule has 0 aliphatic heterocycles. The molecule has 0 radical (unpaired) electrons. The molecule has 0 saturated heterocycles. The molecule has 0 aliphatic rings. The molecule has 0 fully saturated rings. The van der Waals surface area contributed by atoms with Crippen LogP contribution in [0.15, 0.2) is 60.7 Å². The number of unbranched alkanes of at least 4 members (excludes halogenated alkanes) is 2. The largest absolute Gasteiger partial charge is 0.478 e. The summed E-state index contributed by atoms with van der Waals surface area (Å²) in [7, 11) is 0. The van der Waals surface area contributed by atoms with E-state index in [4.69, 9.17) is 9.84 Å². The number of hydrogen-bond acceptors (Lipinski definition) is 3. The minimum atomic E-state index is -1.15. The normalized spacial score (nSPS) is 10.7. The van der Waals surface area contributed by atoms with Crippen molar-refractivity contribution in [2.24, 2.45) is 0 Å². The summed E-state index contributed by atoms with van der Waals surface area (Å²) in [5.74, 6) is -0.0962. The van der Waals surface area contributed by atoms with Crippen molar-refractivity contribution in [3.8, 4) is 11.5 Å². The molecular formula is C22H25NO4. The fourth-order valence-corrected chi connectivity index (χ4v) is 2.51. The first kappa shape index (κ1) is 20.2. The second-order valence-electron chi connectivity index (χ2n) is 6.24. The highest BCUT2D eigenvalue weighted by molar-refractivity contribution is 5.93. The summed E-state index contributed by atoms with van der Waals surface area (Å²) in [6, 6.07) is 15.5. The molecule has 5 heteroatoms. The van der Waals surface area contributed by atoms with Gasteiger partial charge in [0.1, 0.15) is 11.5 Å². The smallest absolute Gasteiger partial charge is 0.328 e. The van der Waals surface area contributed by atoms with Crippen molar-refractivity contribution in [3.05, 3.63) is 71.8 Å². The fraction of sp³-hybridized carbons (Fsp3) is 0.273. The number of aryl methyl sites for hydroxylation is 1. The Balaban J connectivity index is 1.82. The summed E-state index contributed by atoms with van der Waals surface area (Å²) in [5, 5.41) is 11.1. The van der Waals surface area contributed by atoms with Gasteiger partial charge in [-0.1, -0.05) is 44.0 Å². The predicted octanol–water partition coefficient (Wildman–Crippen LogP) is 4.47. The van der Waals surface area contributed by atoms with Crippen molar-refractivity contribution < 1.29 is 19.4 Å². The lowest BCUT2D eigenvalue weighted by atomic mass is 10.1. The second kappa shape index (κ2) is 10.8. The Hall–Kier alpha value is -3.08. The zero-order valence-electron chi connectivity index (χ0n) is 15.5. The van der Waals surface area contributed by atoms with Crippen LogP contribution in [0.3, 0.4) is 0 Å². The maximum absolute atomic E-state index is 11.5. The SMILES string of the molecule is CCCCCc1ccc(Oc2ccc(CNC(=O)/C=C\C(=O)O)cc2)cc1. The van der Waals surface area contributed by atoms with Crippen molar-refractivity contribution in [1.29, 1.82) is 0 Å². The molecule has 2 N–H and O–H groups in total. The van der Waals surface area contributed by atoms with Crippen LogP contribution in [0.2, 0.25) is 0 Å². The van der Waals surface area contributed by atoms with Gasteiger partial charge >= 0.3 is 5.97 Å². The van der Waals surface area contributed by atoms with Crippen LogP contribution in [0.1, 0.15) is 37.3 Å². The monoisotopic (exact) mass is 367 g/mol. The highest BCUT2D eigenvalue weighted by atomic mass is 16.5. The van der Waals surface area contributed by atoms with Crippen molar-refractivity contribution in [2.75, 3.05) is 0 Å². The molecule has 0 heterocycles. The maximum Gasteiger partial charge on any atom is 0.328 e.